The average Bonchev–Trinajstić information content (AvgIpc) is 2.46. The number of hydrogen-bond acceptors (Lipinski definition) is 3. The van der Waals surface area contributed by atoms with E-state index in [-0.39, 0.29) is 0 Å². The molecular weight excluding hydrogens is 248 g/mol. The predicted octanol–water partition coefficient (Wildman–Crippen LogP) is 3.70. The summed E-state index contributed by atoms with van der Waals surface area (Å²) in [6.45, 7) is 2.42. The Balaban J connectivity index is 1.79. The summed E-state index contributed by atoms with van der Waals surface area (Å²) < 4.78 is 5.74. The molecule has 1 aromatic heterocycles. The minimum absolute atomic E-state index is 0.415. The van der Waals surface area contributed by atoms with Crippen molar-refractivity contribution in [2.75, 3.05) is 5.73 Å². The maximum atomic E-state index is 5.93. The highest BCUT2D eigenvalue weighted by Crippen LogP contribution is 2.23. The highest BCUT2D eigenvalue weighted by atomic mass is 16.5. The summed E-state index contributed by atoms with van der Waals surface area (Å²) in [6.07, 6.45) is 0. The molecule has 3 nitrogen and oxygen atoms in total. The monoisotopic (exact) mass is 264 g/mol. The number of ether oxygens (including phenoxy) is 1. The Morgan fingerprint density at radius 1 is 1.05 bits per heavy atom. The Morgan fingerprint density at radius 3 is 2.75 bits per heavy atom. The van der Waals surface area contributed by atoms with Gasteiger partial charge in [-0.15, -0.1) is 0 Å². The minimum Gasteiger partial charge on any atom is -0.485 e. The van der Waals surface area contributed by atoms with E-state index in [1.165, 1.54) is 0 Å². The second-order valence-corrected chi connectivity index (χ2v) is 4.83. The molecule has 0 aliphatic heterocycles. The lowest BCUT2D eigenvalue weighted by molar-refractivity contribution is 0.303. The van der Waals surface area contributed by atoms with E-state index < -0.39 is 0 Å². The zero-order chi connectivity index (χ0) is 13.9. The van der Waals surface area contributed by atoms with Crippen LogP contribution in [0.15, 0.2) is 54.6 Å². The number of hydrogen-bond donors (Lipinski definition) is 1. The summed E-state index contributed by atoms with van der Waals surface area (Å²) in [4.78, 5) is 4.57. The van der Waals surface area contributed by atoms with Gasteiger partial charge in [0.1, 0.15) is 12.4 Å². The van der Waals surface area contributed by atoms with Crippen molar-refractivity contribution >= 4 is 16.6 Å². The van der Waals surface area contributed by atoms with Crippen molar-refractivity contribution in [2.24, 2.45) is 0 Å². The van der Waals surface area contributed by atoms with E-state index in [0.717, 1.165) is 22.2 Å². The third-order valence-corrected chi connectivity index (χ3v) is 3.20. The van der Waals surface area contributed by atoms with Gasteiger partial charge in [0.2, 0.25) is 0 Å². The average molecular weight is 264 g/mol. The molecule has 2 aromatic carbocycles. The van der Waals surface area contributed by atoms with Crippen molar-refractivity contribution in [2.45, 2.75) is 13.5 Å². The normalized spacial score (nSPS) is 10.7. The zero-order valence-corrected chi connectivity index (χ0v) is 11.3. The first kappa shape index (κ1) is 12.5. The largest absolute Gasteiger partial charge is 0.485 e. The molecule has 0 amide bonds. The lowest BCUT2D eigenvalue weighted by Crippen LogP contribution is -2.01. The third-order valence-electron chi connectivity index (χ3n) is 3.20. The summed E-state index contributed by atoms with van der Waals surface area (Å²) in [5, 5.41) is 1.13. The number of anilines is 1. The van der Waals surface area contributed by atoms with Gasteiger partial charge in [-0.05, 0) is 36.8 Å². The molecule has 1 heterocycles. The second kappa shape index (κ2) is 5.21. The van der Waals surface area contributed by atoms with Gasteiger partial charge in [0, 0.05) is 5.39 Å². The first-order valence-corrected chi connectivity index (χ1v) is 6.56. The number of para-hydroxylation sites is 1. The molecule has 0 unspecified atom stereocenters. The predicted molar refractivity (Wildman–Crippen MR) is 81.7 cm³/mol. The molecule has 2 N–H and O–H groups in total. The SMILES string of the molecule is Cc1ccc(OCc2ccc3ccccc3n2)c(N)c1. The van der Waals surface area contributed by atoms with E-state index in [4.69, 9.17) is 10.5 Å². The summed E-state index contributed by atoms with van der Waals surface area (Å²) in [5.41, 5.74) is 9.58. The number of nitrogen functional groups attached to an aromatic ring is 1. The van der Waals surface area contributed by atoms with Gasteiger partial charge < -0.3 is 10.5 Å². The molecule has 0 radical (unpaired) electrons. The molecule has 0 fully saturated rings. The number of aromatic nitrogens is 1. The summed E-state index contributed by atoms with van der Waals surface area (Å²) >= 11 is 0. The van der Waals surface area contributed by atoms with Gasteiger partial charge in [-0.1, -0.05) is 30.3 Å². The van der Waals surface area contributed by atoms with Crippen LogP contribution in [-0.2, 0) is 6.61 Å². The van der Waals surface area contributed by atoms with Crippen LogP contribution in [0.2, 0.25) is 0 Å². The van der Waals surface area contributed by atoms with Crippen molar-refractivity contribution < 1.29 is 4.74 Å². The van der Waals surface area contributed by atoms with Gasteiger partial charge in [-0.2, -0.15) is 0 Å². The maximum Gasteiger partial charge on any atom is 0.142 e. The molecule has 3 rings (SSSR count). The first-order valence-electron chi connectivity index (χ1n) is 6.56. The maximum absolute atomic E-state index is 5.93. The highest BCUT2D eigenvalue weighted by molar-refractivity contribution is 5.78. The van der Waals surface area contributed by atoms with Crippen LogP contribution in [0.5, 0.6) is 5.75 Å². The number of aryl methyl sites for hydroxylation is 1. The van der Waals surface area contributed by atoms with Gasteiger partial charge in [-0.25, -0.2) is 4.98 Å². The number of benzene rings is 2. The number of nitrogens with two attached hydrogens (primary N) is 1. The lowest BCUT2D eigenvalue weighted by Gasteiger charge is -2.09. The topological polar surface area (TPSA) is 48.1 Å². The summed E-state index contributed by atoms with van der Waals surface area (Å²) in [7, 11) is 0. The number of fused-ring (bicyclic) bond motifs is 1. The Morgan fingerprint density at radius 2 is 1.90 bits per heavy atom. The standard InChI is InChI=1S/C17H16N2O/c1-12-6-9-17(15(18)10-12)20-11-14-8-7-13-4-2-3-5-16(13)19-14/h2-10H,11,18H2,1H3. The lowest BCUT2D eigenvalue weighted by atomic mass is 10.2. The van der Waals surface area contributed by atoms with Crippen molar-refractivity contribution in [1.82, 2.24) is 4.98 Å². The molecular formula is C17H16N2O. The van der Waals surface area contributed by atoms with E-state index in [2.05, 4.69) is 11.1 Å². The Hall–Kier alpha value is -2.55. The first-order chi connectivity index (χ1) is 9.72. The fourth-order valence-corrected chi connectivity index (χ4v) is 2.14. The van der Waals surface area contributed by atoms with Crippen molar-refractivity contribution in [3.05, 3.63) is 65.9 Å². The smallest absolute Gasteiger partial charge is 0.142 e. The fraction of sp³-hybridized carbons (Fsp3) is 0.118. The summed E-state index contributed by atoms with van der Waals surface area (Å²) in [5.74, 6) is 0.700. The number of nitrogens with zero attached hydrogens (tertiary/aromatic N) is 1. The Bertz CT molecular complexity index is 753. The van der Waals surface area contributed by atoms with Crippen LogP contribution in [0.1, 0.15) is 11.3 Å². The Labute approximate surface area is 118 Å². The minimum atomic E-state index is 0.415. The van der Waals surface area contributed by atoms with Crippen LogP contribution >= 0.6 is 0 Å². The fourth-order valence-electron chi connectivity index (χ4n) is 2.14. The van der Waals surface area contributed by atoms with Crippen molar-refractivity contribution in [3.8, 4) is 5.75 Å². The Kier molecular flexibility index (Phi) is 3.25. The molecule has 20 heavy (non-hydrogen) atoms. The van der Waals surface area contributed by atoms with Gasteiger partial charge in [0.05, 0.1) is 16.9 Å². The van der Waals surface area contributed by atoms with Crippen molar-refractivity contribution in [1.29, 1.82) is 0 Å². The van der Waals surface area contributed by atoms with E-state index in [0.29, 0.717) is 18.0 Å². The third kappa shape index (κ3) is 2.57. The molecule has 100 valence electrons. The van der Waals surface area contributed by atoms with Crippen LogP contribution in [0.4, 0.5) is 5.69 Å². The molecule has 0 bridgehead atoms. The van der Waals surface area contributed by atoms with Crippen LogP contribution in [-0.4, -0.2) is 4.98 Å². The molecule has 0 atom stereocenters. The molecule has 0 saturated carbocycles. The van der Waals surface area contributed by atoms with Gasteiger partial charge in [0.15, 0.2) is 0 Å². The van der Waals surface area contributed by atoms with Crippen molar-refractivity contribution in [3.63, 3.8) is 0 Å². The molecule has 3 heteroatoms. The van der Waals surface area contributed by atoms with Crippen LogP contribution < -0.4 is 10.5 Å². The number of pyridine rings is 1. The van der Waals surface area contributed by atoms with E-state index in [9.17, 15) is 0 Å². The van der Waals surface area contributed by atoms with Crippen LogP contribution in [0, 0.1) is 6.92 Å². The van der Waals surface area contributed by atoms with Gasteiger partial charge in [0.25, 0.3) is 0 Å². The van der Waals surface area contributed by atoms with E-state index in [1.54, 1.807) is 0 Å². The van der Waals surface area contributed by atoms with E-state index in [1.807, 2.05) is 55.5 Å². The summed E-state index contributed by atoms with van der Waals surface area (Å²) in [6, 6.07) is 17.9. The molecule has 0 aliphatic carbocycles. The molecule has 0 spiro atoms. The van der Waals surface area contributed by atoms with Crippen LogP contribution in [0.3, 0.4) is 0 Å². The molecule has 0 saturated heterocycles. The molecule has 0 aliphatic rings. The zero-order valence-electron chi connectivity index (χ0n) is 11.3. The highest BCUT2D eigenvalue weighted by Gasteiger charge is 2.03. The quantitative estimate of drug-likeness (QED) is 0.734. The second-order valence-electron chi connectivity index (χ2n) is 4.83. The van der Waals surface area contributed by atoms with E-state index >= 15 is 0 Å². The number of rotatable bonds is 3. The van der Waals surface area contributed by atoms with Gasteiger partial charge in [-0.3, -0.25) is 0 Å². The van der Waals surface area contributed by atoms with Gasteiger partial charge >= 0.3 is 0 Å². The molecule has 3 aromatic rings. The van der Waals surface area contributed by atoms with Crippen LogP contribution in [0.25, 0.3) is 10.9 Å².